The van der Waals surface area contributed by atoms with Crippen molar-refractivity contribution < 1.29 is 13.9 Å². The molecule has 1 aromatic carbocycles. The van der Waals surface area contributed by atoms with E-state index in [4.69, 9.17) is 9.15 Å². The lowest BCUT2D eigenvalue weighted by Crippen LogP contribution is -2.33. The summed E-state index contributed by atoms with van der Waals surface area (Å²) >= 11 is 0. The first-order valence-corrected chi connectivity index (χ1v) is 7.75. The van der Waals surface area contributed by atoms with Crippen LogP contribution in [0, 0.1) is 0 Å². The van der Waals surface area contributed by atoms with Gasteiger partial charge in [0.15, 0.2) is 0 Å². The van der Waals surface area contributed by atoms with Gasteiger partial charge in [-0.15, -0.1) is 0 Å². The van der Waals surface area contributed by atoms with Crippen molar-refractivity contribution in [1.82, 2.24) is 5.32 Å². The molecule has 4 heteroatoms. The third-order valence-electron chi connectivity index (χ3n) is 3.35. The Bertz CT molecular complexity index is 561. The molecule has 0 fully saturated rings. The number of carbonyl (C=O) groups is 1. The van der Waals surface area contributed by atoms with Crippen molar-refractivity contribution >= 4 is 5.91 Å². The Morgan fingerprint density at radius 1 is 1.27 bits per heavy atom. The summed E-state index contributed by atoms with van der Waals surface area (Å²) in [4.78, 5) is 12.2. The van der Waals surface area contributed by atoms with Gasteiger partial charge in [0, 0.05) is 18.0 Å². The van der Waals surface area contributed by atoms with E-state index in [1.807, 2.05) is 31.2 Å². The summed E-state index contributed by atoms with van der Waals surface area (Å²) in [6.07, 6.45) is 4.46. The number of hydrogen-bond acceptors (Lipinski definition) is 3. The van der Waals surface area contributed by atoms with E-state index in [1.54, 1.807) is 18.4 Å². The fourth-order valence-electron chi connectivity index (χ4n) is 2.13. The van der Waals surface area contributed by atoms with Gasteiger partial charge in [0.05, 0.1) is 12.9 Å². The van der Waals surface area contributed by atoms with Crippen LogP contribution >= 0.6 is 0 Å². The summed E-state index contributed by atoms with van der Waals surface area (Å²) in [5, 5.41) is 2.97. The van der Waals surface area contributed by atoms with Gasteiger partial charge < -0.3 is 14.5 Å². The lowest BCUT2D eigenvalue weighted by atomic mass is 10.1. The Morgan fingerprint density at radius 3 is 2.68 bits per heavy atom. The predicted molar refractivity (Wildman–Crippen MR) is 86.2 cm³/mol. The second-order valence-electron chi connectivity index (χ2n) is 5.38. The molecule has 1 aromatic heterocycles. The number of carbonyl (C=O) groups excluding carboxylic acids is 1. The molecular weight excluding hydrogens is 278 g/mol. The highest BCUT2D eigenvalue weighted by molar-refractivity contribution is 5.94. The van der Waals surface area contributed by atoms with Gasteiger partial charge in [-0.2, -0.15) is 0 Å². The maximum atomic E-state index is 12.2. The summed E-state index contributed by atoms with van der Waals surface area (Å²) in [7, 11) is 0. The molecule has 2 rings (SSSR count). The fourth-order valence-corrected chi connectivity index (χ4v) is 2.13. The molecule has 1 heterocycles. The number of ether oxygens (including phenoxy) is 1. The zero-order valence-electron chi connectivity index (χ0n) is 13.2. The van der Waals surface area contributed by atoms with Crippen LogP contribution in [0.2, 0.25) is 0 Å². The summed E-state index contributed by atoms with van der Waals surface area (Å²) in [6.45, 7) is 4.80. The van der Waals surface area contributed by atoms with E-state index in [-0.39, 0.29) is 11.9 Å². The zero-order chi connectivity index (χ0) is 15.8. The molecule has 0 bridgehead atoms. The van der Waals surface area contributed by atoms with Crippen molar-refractivity contribution in [2.75, 3.05) is 6.61 Å². The van der Waals surface area contributed by atoms with Crippen LogP contribution in [0.4, 0.5) is 0 Å². The monoisotopic (exact) mass is 301 g/mol. The van der Waals surface area contributed by atoms with Crippen LogP contribution in [0.25, 0.3) is 0 Å². The molecule has 0 saturated heterocycles. The van der Waals surface area contributed by atoms with Gasteiger partial charge in [0.1, 0.15) is 11.5 Å². The van der Waals surface area contributed by atoms with Crippen LogP contribution in [0.5, 0.6) is 5.75 Å². The molecule has 0 aliphatic carbocycles. The average molecular weight is 301 g/mol. The molecule has 0 aliphatic rings. The lowest BCUT2D eigenvalue weighted by molar-refractivity contribution is 0.0939. The topological polar surface area (TPSA) is 51.5 Å². The molecular formula is C18H23NO3. The van der Waals surface area contributed by atoms with Gasteiger partial charge in [-0.25, -0.2) is 0 Å². The Morgan fingerprint density at radius 2 is 2.05 bits per heavy atom. The van der Waals surface area contributed by atoms with E-state index in [0.717, 1.165) is 24.4 Å². The standard InChI is InChI=1S/C18H23NO3/c1-3-4-11-21-16-9-7-15(8-10-16)18(20)19-14(2)13-17-6-5-12-22-17/h5-10,12,14H,3-4,11,13H2,1-2H3,(H,19,20). The van der Waals surface area contributed by atoms with E-state index in [1.165, 1.54) is 0 Å². The fraction of sp³-hybridized carbons (Fsp3) is 0.389. The maximum absolute atomic E-state index is 12.2. The van der Waals surface area contributed by atoms with Crippen molar-refractivity contribution in [1.29, 1.82) is 0 Å². The van der Waals surface area contributed by atoms with Crippen LogP contribution in [-0.2, 0) is 6.42 Å². The Balaban J connectivity index is 1.84. The first kappa shape index (κ1) is 16.1. The van der Waals surface area contributed by atoms with Crippen LogP contribution in [0.3, 0.4) is 0 Å². The summed E-state index contributed by atoms with van der Waals surface area (Å²) in [6, 6.07) is 11.0. The van der Waals surface area contributed by atoms with Gasteiger partial charge in [0.25, 0.3) is 5.91 Å². The van der Waals surface area contributed by atoms with Gasteiger partial charge in [0.2, 0.25) is 0 Å². The summed E-state index contributed by atoms with van der Waals surface area (Å²) in [5.74, 6) is 1.58. The third-order valence-corrected chi connectivity index (χ3v) is 3.35. The van der Waals surface area contributed by atoms with Crippen LogP contribution < -0.4 is 10.1 Å². The molecule has 0 radical (unpaired) electrons. The number of hydrogen-bond donors (Lipinski definition) is 1. The van der Waals surface area contributed by atoms with Crippen molar-refractivity contribution in [2.45, 2.75) is 39.2 Å². The van der Waals surface area contributed by atoms with E-state index in [2.05, 4.69) is 12.2 Å². The van der Waals surface area contributed by atoms with Gasteiger partial charge in [-0.3, -0.25) is 4.79 Å². The van der Waals surface area contributed by atoms with Gasteiger partial charge in [-0.05, 0) is 49.7 Å². The highest BCUT2D eigenvalue weighted by Crippen LogP contribution is 2.13. The average Bonchev–Trinajstić information content (AvgIpc) is 3.01. The van der Waals surface area contributed by atoms with E-state index in [9.17, 15) is 4.79 Å². The number of amides is 1. The number of nitrogens with one attached hydrogen (secondary N) is 1. The number of unbranched alkanes of at least 4 members (excludes halogenated alkanes) is 1. The van der Waals surface area contributed by atoms with Crippen LogP contribution in [0.1, 0.15) is 42.8 Å². The Kier molecular flexibility index (Phi) is 6.07. The molecule has 2 aromatic rings. The van der Waals surface area contributed by atoms with Crippen LogP contribution in [-0.4, -0.2) is 18.6 Å². The highest BCUT2D eigenvalue weighted by Gasteiger charge is 2.11. The molecule has 22 heavy (non-hydrogen) atoms. The molecule has 1 atom stereocenters. The first-order valence-electron chi connectivity index (χ1n) is 7.75. The molecule has 1 N–H and O–H groups in total. The van der Waals surface area contributed by atoms with Gasteiger partial charge >= 0.3 is 0 Å². The minimum atomic E-state index is -0.0841. The minimum absolute atomic E-state index is 0.0131. The lowest BCUT2D eigenvalue weighted by Gasteiger charge is -2.13. The summed E-state index contributed by atoms with van der Waals surface area (Å²) < 4.78 is 10.9. The SMILES string of the molecule is CCCCOc1ccc(C(=O)NC(C)Cc2ccco2)cc1. The third kappa shape index (κ3) is 4.95. The smallest absolute Gasteiger partial charge is 0.251 e. The van der Waals surface area contributed by atoms with Crippen molar-refractivity contribution in [2.24, 2.45) is 0 Å². The molecule has 0 spiro atoms. The Labute approximate surface area is 131 Å². The normalized spacial score (nSPS) is 11.9. The quantitative estimate of drug-likeness (QED) is 0.754. The Hall–Kier alpha value is -2.23. The minimum Gasteiger partial charge on any atom is -0.494 e. The van der Waals surface area contributed by atoms with Crippen molar-refractivity contribution in [3.63, 3.8) is 0 Å². The highest BCUT2D eigenvalue weighted by atomic mass is 16.5. The zero-order valence-corrected chi connectivity index (χ0v) is 13.2. The first-order chi connectivity index (χ1) is 10.7. The van der Waals surface area contributed by atoms with Crippen molar-refractivity contribution in [3.05, 3.63) is 54.0 Å². The van der Waals surface area contributed by atoms with E-state index < -0.39 is 0 Å². The molecule has 1 unspecified atom stereocenters. The van der Waals surface area contributed by atoms with Crippen molar-refractivity contribution in [3.8, 4) is 5.75 Å². The maximum Gasteiger partial charge on any atom is 0.251 e. The molecule has 0 saturated carbocycles. The van der Waals surface area contributed by atoms with Gasteiger partial charge in [-0.1, -0.05) is 13.3 Å². The number of rotatable bonds is 8. The summed E-state index contributed by atoms with van der Waals surface area (Å²) in [5.41, 5.74) is 0.633. The predicted octanol–water partition coefficient (Wildman–Crippen LogP) is 3.82. The van der Waals surface area contributed by atoms with Crippen LogP contribution in [0.15, 0.2) is 47.1 Å². The van der Waals surface area contributed by atoms with E-state index >= 15 is 0 Å². The largest absolute Gasteiger partial charge is 0.494 e. The molecule has 118 valence electrons. The number of benzene rings is 1. The molecule has 0 aliphatic heterocycles. The second-order valence-corrected chi connectivity index (χ2v) is 5.38. The molecule has 1 amide bonds. The van der Waals surface area contributed by atoms with E-state index in [0.29, 0.717) is 18.6 Å². The number of furan rings is 1. The second kappa shape index (κ2) is 8.27. The molecule has 4 nitrogen and oxygen atoms in total.